The number of hydrogen-bond donors (Lipinski definition) is 2. The average Bonchev–Trinajstić information content (AvgIpc) is 2.78. The third kappa shape index (κ3) is 4.12. The molecule has 17 heavy (non-hydrogen) atoms. The normalized spacial score (nSPS) is 32.9. The molecule has 2 fully saturated rings. The van der Waals surface area contributed by atoms with Gasteiger partial charge in [-0.1, -0.05) is 6.42 Å². The number of methoxy groups -OCH3 is 1. The predicted molar refractivity (Wildman–Crippen MR) is 69.5 cm³/mol. The van der Waals surface area contributed by atoms with Gasteiger partial charge in [0, 0.05) is 13.2 Å². The highest BCUT2D eigenvalue weighted by atomic mass is 35.5. The predicted octanol–water partition coefficient (Wildman–Crippen LogP) is 1.23. The number of carbonyl (C=O) groups is 1. The number of halogens is 1. The number of ether oxygens (including phenoxy) is 1. The van der Waals surface area contributed by atoms with Crippen LogP contribution in [0, 0.1) is 0 Å². The third-order valence-electron chi connectivity index (χ3n) is 3.69. The van der Waals surface area contributed by atoms with E-state index < -0.39 is 0 Å². The standard InChI is InChI=1S/C12H22N2O2.ClH/c1-16-10-6-5-9(8-10)14-12(15)11-4-2-3-7-13-11;/h9-11,13H,2-8H2,1H3,(H,14,15);1H. The first kappa shape index (κ1) is 14.7. The van der Waals surface area contributed by atoms with Gasteiger partial charge in [-0.15, -0.1) is 12.4 Å². The van der Waals surface area contributed by atoms with Gasteiger partial charge in [-0.05, 0) is 38.6 Å². The van der Waals surface area contributed by atoms with Crippen LogP contribution in [0.15, 0.2) is 0 Å². The number of amides is 1. The monoisotopic (exact) mass is 262 g/mol. The van der Waals surface area contributed by atoms with Gasteiger partial charge < -0.3 is 15.4 Å². The fourth-order valence-electron chi connectivity index (χ4n) is 2.66. The summed E-state index contributed by atoms with van der Waals surface area (Å²) in [5.41, 5.74) is 0. The van der Waals surface area contributed by atoms with Gasteiger partial charge in [-0.3, -0.25) is 4.79 Å². The van der Waals surface area contributed by atoms with Crippen LogP contribution >= 0.6 is 12.4 Å². The van der Waals surface area contributed by atoms with Crippen LogP contribution in [0.3, 0.4) is 0 Å². The van der Waals surface area contributed by atoms with Gasteiger partial charge in [0.2, 0.25) is 5.91 Å². The Morgan fingerprint density at radius 2 is 2.12 bits per heavy atom. The van der Waals surface area contributed by atoms with E-state index in [0.29, 0.717) is 12.1 Å². The Bertz CT molecular complexity index is 245. The molecule has 0 radical (unpaired) electrons. The summed E-state index contributed by atoms with van der Waals surface area (Å²) in [7, 11) is 1.75. The Balaban J connectivity index is 0.00000144. The summed E-state index contributed by atoms with van der Waals surface area (Å²) in [5, 5.41) is 6.41. The van der Waals surface area contributed by atoms with Crippen molar-refractivity contribution < 1.29 is 9.53 Å². The lowest BCUT2D eigenvalue weighted by molar-refractivity contribution is -0.124. The van der Waals surface area contributed by atoms with E-state index in [1.54, 1.807) is 7.11 Å². The largest absolute Gasteiger partial charge is 0.381 e. The molecule has 0 aromatic heterocycles. The molecule has 1 amide bonds. The Kier molecular flexibility index (Phi) is 6.23. The van der Waals surface area contributed by atoms with Crippen molar-refractivity contribution in [2.45, 2.75) is 56.7 Å². The van der Waals surface area contributed by atoms with E-state index >= 15 is 0 Å². The van der Waals surface area contributed by atoms with E-state index in [1.807, 2.05) is 0 Å². The van der Waals surface area contributed by atoms with Gasteiger partial charge in [0.1, 0.15) is 0 Å². The lowest BCUT2D eigenvalue weighted by atomic mass is 10.0. The zero-order valence-corrected chi connectivity index (χ0v) is 11.2. The quantitative estimate of drug-likeness (QED) is 0.805. The summed E-state index contributed by atoms with van der Waals surface area (Å²) in [6, 6.07) is 0.358. The van der Waals surface area contributed by atoms with Crippen LogP contribution < -0.4 is 10.6 Å². The van der Waals surface area contributed by atoms with Gasteiger partial charge in [0.05, 0.1) is 12.1 Å². The summed E-state index contributed by atoms with van der Waals surface area (Å²) >= 11 is 0. The van der Waals surface area contributed by atoms with Crippen molar-refractivity contribution in [1.29, 1.82) is 0 Å². The summed E-state index contributed by atoms with van der Waals surface area (Å²) in [6.45, 7) is 0.976. The Labute approximate surface area is 109 Å². The molecule has 2 rings (SSSR count). The third-order valence-corrected chi connectivity index (χ3v) is 3.69. The molecule has 0 aromatic rings. The Morgan fingerprint density at radius 1 is 1.29 bits per heavy atom. The summed E-state index contributed by atoms with van der Waals surface area (Å²) in [6.07, 6.45) is 6.76. The van der Waals surface area contributed by atoms with Crippen LogP contribution in [0.5, 0.6) is 0 Å². The first-order valence-corrected chi connectivity index (χ1v) is 6.36. The average molecular weight is 263 g/mol. The molecule has 0 spiro atoms. The minimum absolute atomic E-state index is 0. The maximum atomic E-state index is 11.9. The van der Waals surface area contributed by atoms with Crippen LogP contribution in [-0.4, -0.2) is 37.7 Å². The fourth-order valence-corrected chi connectivity index (χ4v) is 2.66. The molecule has 1 saturated carbocycles. The summed E-state index contributed by atoms with van der Waals surface area (Å²) in [5.74, 6) is 0.182. The Morgan fingerprint density at radius 3 is 2.71 bits per heavy atom. The highest BCUT2D eigenvalue weighted by Gasteiger charge is 2.28. The molecule has 1 saturated heterocycles. The van der Waals surface area contributed by atoms with E-state index in [2.05, 4.69) is 10.6 Å². The molecule has 4 nitrogen and oxygen atoms in total. The van der Waals surface area contributed by atoms with Crippen molar-refractivity contribution in [3.8, 4) is 0 Å². The number of carbonyl (C=O) groups excluding carboxylic acids is 1. The summed E-state index contributed by atoms with van der Waals surface area (Å²) < 4.78 is 5.30. The molecule has 2 aliphatic rings. The SMILES string of the molecule is COC1CCC(NC(=O)C2CCCCN2)C1.Cl. The van der Waals surface area contributed by atoms with Crippen molar-refractivity contribution in [2.75, 3.05) is 13.7 Å². The van der Waals surface area contributed by atoms with Gasteiger partial charge in [0.25, 0.3) is 0 Å². The maximum Gasteiger partial charge on any atom is 0.237 e. The van der Waals surface area contributed by atoms with Gasteiger partial charge in [-0.25, -0.2) is 0 Å². The molecule has 1 heterocycles. The number of hydrogen-bond acceptors (Lipinski definition) is 3. The smallest absolute Gasteiger partial charge is 0.237 e. The second-order valence-electron chi connectivity index (χ2n) is 4.88. The second kappa shape index (κ2) is 7.19. The topological polar surface area (TPSA) is 50.4 Å². The minimum atomic E-state index is 0. The van der Waals surface area contributed by atoms with E-state index in [1.165, 1.54) is 6.42 Å². The molecule has 100 valence electrons. The van der Waals surface area contributed by atoms with Crippen molar-refractivity contribution in [3.63, 3.8) is 0 Å². The molecule has 3 unspecified atom stereocenters. The second-order valence-corrected chi connectivity index (χ2v) is 4.88. The van der Waals surface area contributed by atoms with Crippen LogP contribution in [0.1, 0.15) is 38.5 Å². The van der Waals surface area contributed by atoms with Crippen molar-refractivity contribution >= 4 is 18.3 Å². The van der Waals surface area contributed by atoms with Crippen molar-refractivity contribution in [3.05, 3.63) is 0 Å². The fraction of sp³-hybridized carbons (Fsp3) is 0.917. The van der Waals surface area contributed by atoms with Gasteiger partial charge >= 0.3 is 0 Å². The van der Waals surface area contributed by atoms with Crippen molar-refractivity contribution in [2.24, 2.45) is 0 Å². The molecule has 1 aliphatic carbocycles. The van der Waals surface area contributed by atoms with E-state index in [0.717, 1.165) is 38.6 Å². The molecule has 0 aromatic carbocycles. The van der Waals surface area contributed by atoms with Crippen molar-refractivity contribution in [1.82, 2.24) is 10.6 Å². The molecular formula is C12H23ClN2O2. The maximum absolute atomic E-state index is 11.9. The lowest BCUT2D eigenvalue weighted by Gasteiger charge is -2.24. The first-order valence-electron chi connectivity index (χ1n) is 6.36. The zero-order chi connectivity index (χ0) is 11.4. The highest BCUT2D eigenvalue weighted by molar-refractivity contribution is 5.85. The number of rotatable bonds is 3. The molecule has 5 heteroatoms. The lowest BCUT2D eigenvalue weighted by Crippen LogP contribution is -2.49. The van der Waals surface area contributed by atoms with E-state index in [-0.39, 0.29) is 24.4 Å². The van der Waals surface area contributed by atoms with Gasteiger partial charge in [0.15, 0.2) is 0 Å². The van der Waals surface area contributed by atoms with Crippen LogP contribution in [0.2, 0.25) is 0 Å². The minimum Gasteiger partial charge on any atom is -0.381 e. The molecule has 2 N–H and O–H groups in total. The molecular weight excluding hydrogens is 240 g/mol. The Hall–Kier alpha value is -0.320. The van der Waals surface area contributed by atoms with E-state index in [9.17, 15) is 4.79 Å². The van der Waals surface area contributed by atoms with Gasteiger partial charge in [-0.2, -0.15) is 0 Å². The summed E-state index contributed by atoms with van der Waals surface area (Å²) in [4.78, 5) is 11.9. The number of nitrogens with one attached hydrogen (secondary N) is 2. The molecule has 3 atom stereocenters. The number of piperidine rings is 1. The van der Waals surface area contributed by atoms with Crippen LogP contribution in [0.25, 0.3) is 0 Å². The van der Waals surface area contributed by atoms with Crippen LogP contribution in [-0.2, 0) is 9.53 Å². The van der Waals surface area contributed by atoms with E-state index in [4.69, 9.17) is 4.74 Å². The first-order chi connectivity index (χ1) is 7.79. The molecule has 1 aliphatic heterocycles. The molecule has 0 bridgehead atoms. The van der Waals surface area contributed by atoms with Crippen LogP contribution in [0.4, 0.5) is 0 Å². The zero-order valence-electron chi connectivity index (χ0n) is 10.4. The highest BCUT2D eigenvalue weighted by Crippen LogP contribution is 2.21.